The number of nitrogens with zero attached hydrogens (tertiary/aromatic N) is 4. The summed E-state index contributed by atoms with van der Waals surface area (Å²) in [5.74, 6) is -1.46. The molecule has 6 N–H and O–H groups in total. The maximum Gasteiger partial charge on any atom is 0.274 e. The Hall–Kier alpha value is -5.44. The SMILES string of the molecule is CCc1c(C#N)c(SC(C(N)=O)c2ccccc2)nc(N2CCC(NC(=O)CCC(=O)Nc3ccc(C(=O)NO)cc3)CC2)c1C#N. The molecule has 13 nitrogen and oxygen atoms in total. The van der Waals surface area contributed by atoms with Crippen molar-refractivity contribution in [1.29, 1.82) is 10.5 Å². The lowest BCUT2D eigenvalue weighted by Gasteiger charge is -2.34. The Labute approximate surface area is 276 Å². The van der Waals surface area contributed by atoms with Gasteiger partial charge >= 0.3 is 0 Å². The first-order chi connectivity index (χ1) is 22.7. The van der Waals surface area contributed by atoms with Crippen LogP contribution in [0, 0.1) is 22.7 Å². The average molecular weight is 655 g/mol. The minimum atomic E-state index is -0.787. The van der Waals surface area contributed by atoms with Crippen molar-refractivity contribution in [3.63, 3.8) is 0 Å². The van der Waals surface area contributed by atoms with Crippen molar-refractivity contribution in [3.8, 4) is 12.1 Å². The lowest BCUT2D eigenvalue weighted by atomic mass is 9.99. The van der Waals surface area contributed by atoms with Gasteiger partial charge < -0.3 is 21.3 Å². The van der Waals surface area contributed by atoms with Gasteiger partial charge in [0.1, 0.15) is 28.2 Å². The Kier molecular flexibility index (Phi) is 11.9. The molecule has 2 heterocycles. The quantitative estimate of drug-likeness (QED) is 0.109. The number of aromatic nitrogens is 1. The molecule has 14 heteroatoms. The molecule has 1 atom stereocenters. The van der Waals surface area contributed by atoms with Crippen LogP contribution in [0.3, 0.4) is 0 Å². The first-order valence-corrected chi connectivity index (χ1v) is 15.8. The molecule has 4 amide bonds. The molecule has 0 bridgehead atoms. The van der Waals surface area contributed by atoms with Crippen LogP contribution in [-0.2, 0) is 20.8 Å². The Balaban J connectivity index is 1.39. The van der Waals surface area contributed by atoms with E-state index in [0.29, 0.717) is 65.6 Å². The highest BCUT2D eigenvalue weighted by Gasteiger charge is 2.29. The number of hydroxylamine groups is 1. The van der Waals surface area contributed by atoms with E-state index < -0.39 is 17.1 Å². The number of thioether (sulfide) groups is 1. The van der Waals surface area contributed by atoms with E-state index in [2.05, 4.69) is 22.8 Å². The third-order valence-electron chi connectivity index (χ3n) is 7.69. The Bertz CT molecular complexity index is 1710. The van der Waals surface area contributed by atoms with Gasteiger partial charge in [-0.25, -0.2) is 10.5 Å². The molecule has 47 heavy (non-hydrogen) atoms. The van der Waals surface area contributed by atoms with Crippen LogP contribution in [0.5, 0.6) is 0 Å². The summed E-state index contributed by atoms with van der Waals surface area (Å²) < 4.78 is 0. The molecule has 4 rings (SSSR count). The summed E-state index contributed by atoms with van der Waals surface area (Å²) in [4.78, 5) is 55.6. The summed E-state index contributed by atoms with van der Waals surface area (Å²) in [6.07, 6.45) is 1.48. The molecule has 0 saturated carbocycles. The van der Waals surface area contributed by atoms with E-state index in [9.17, 15) is 29.7 Å². The first-order valence-electron chi connectivity index (χ1n) is 15.0. The van der Waals surface area contributed by atoms with Gasteiger partial charge in [0, 0.05) is 43.2 Å². The van der Waals surface area contributed by atoms with Crippen LogP contribution in [0.1, 0.15) is 70.5 Å². The van der Waals surface area contributed by atoms with Crippen molar-refractivity contribution in [2.75, 3.05) is 23.3 Å². The second kappa shape index (κ2) is 16.2. The number of primary amides is 1. The molecule has 0 aliphatic carbocycles. The number of piperidine rings is 1. The summed E-state index contributed by atoms with van der Waals surface area (Å²) in [6.45, 7) is 2.82. The van der Waals surface area contributed by atoms with Gasteiger partial charge in [0.2, 0.25) is 17.7 Å². The van der Waals surface area contributed by atoms with Gasteiger partial charge in [-0.3, -0.25) is 24.4 Å². The van der Waals surface area contributed by atoms with Gasteiger partial charge in [0.15, 0.2) is 0 Å². The molecule has 242 valence electrons. The number of rotatable bonds is 12. The standard InChI is InChI=1S/C33H34N8O5S/c1-2-24-25(18-34)31(39-33(26(24)19-35)47-29(30(36)44)20-6-4-3-5-7-20)41-16-14-23(15-17-41)38-28(43)13-12-27(42)37-22-10-8-21(9-11-22)32(45)40-46/h3-11,23,29,46H,2,12-17H2,1H3,(H2,36,44)(H,37,42)(H,38,43)(H,40,45). The lowest BCUT2D eigenvalue weighted by molar-refractivity contribution is -0.125. The fourth-order valence-electron chi connectivity index (χ4n) is 5.28. The summed E-state index contributed by atoms with van der Waals surface area (Å²) in [7, 11) is 0. The van der Waals surface area contributed by atoms with Crippen molar-refractivity contribution in [2.24, 2.45) is 5.73 Å². The molecule has 0 spiro atoms. The van der Waals surface area contributed by atoms with Crippen LogP contribution < -0.4 is 26.7 Å². The average Bonchev–Trinajstić information content (AvgIpc) is 3.09. The van der Waals surface area contributed by atoms with Gasteiger partial charge in [-0.1, -0.05) is 49.0 Å². The lowest BCUT2D eigenvalue weighted by Crippen LogP contribution is -2.45. The number of nitrogens with two attached hydrogens (primary N) is 1. The largest absolute Gasteiger partial charge is 0.368 e. The maximum absolute atomic E-state index is 12.6. The zero-order valence-electron chi connectivity index (χ0n) is 25.7. The van der Waals surface area contributed by atoms with Crippen molar-refractivity contribution in [2.45, 2.75) is 55.3 Å². The van der Waals surface area contributed by atoms with Gasteiger partial charge in [0.05, 0.1) is 11.1 Å². The topological polar surface area (TPSA) is 214 Å². The summed E-state index contributed by atoms with van der Waals surface area (Å²) >= 11 is 1.09. The molecule has 0 radical (unpaired) electrons. The Morgan fingerprint density at radius 2 is 1.64 bits per heavy atom. The monoisotopic (exact) mass is 654 g/mol. The third-order valence-corrected chi connectivity index (χ3v) is 8.95. The van der Waals surface area contributed by atoms with Crippen LogP contribution in [0.25, 0.3) is 0 Å². The highest BCUT2D eigenvalue weighted by atomic mass is 32.2. The van der Waals surface area contributed by atoms with E-state index in [4.69, 9.17) is 15.9 Å². The zero-order valence-corrected chi connectivity index (χ0v) is 26.5. The Morgan fingerprint density at radius 1 is 1.00 bits per heavy atom. The molecule has 1 aliphatic rings. The predicted molar refractivity (Wildman–Crippen MR) is 174 cm³/mol. The number of hydrogen-bond acceptors (Lipinski definition) is 10. The van der Waals surface area contributed by atoms with Crippen molar-refractivity contribution in [1.82, 2.24) is 15.8 Å². The van der Waals surface area contributed by atoms with Gasteiger partial charge in [0.25, 0.3) is 5.91 Å². The number of nitrogens with one attached hydrogen (secondary N) is 3. The van der Waals surface area contributed by atoms with E-state index >= 15 is 0 Å². The van der Waals surface area contributed by atoms with E-state index in [-0.39, 0.29) is 41.8 Å². The van der Waals surface area contributed by atoms with E-state index in [0.717, 1.165) is 11.8 Å². The summed E-state index contributed by atoms with van der Waals surface area (Å²) in [6, 6.07) is 19.2. The number of pyridine rings is 1. The highest BCUT2D eigenvalue weighted by Crippen LogP contribution is 2.40. The second-order valence-electron chi connectivity index (χ2n) is 10.8. The molecular formula is C33H34N8O5S. The number of hydrogen-bond donors (Lipinski definition) is 5. The van der Waals surface area contributed by atoms with E-state index in [1.54, 1.807) is 24.3 Å². The molecule has 1 aliphatic heterocycles. The first kappa shape index (κ1) is 34.4. The smallest absolute Gasteiger partial charge is 0.274 e. The van der Waals surface area contributed by atoms with Crippen molar-refractivity contribution < 1.29 is 24.4 Å². The van der Waals surface area contributed by atoms with Gasteiger partial charge in [-0.15, -0.1) is 0 Å². The number of nitriles is 2. The van der Waals surface area contributed by atoms with Gasteiger partial charge in [-0.05, 0) is 54.7 Å². The molecule has 1 unspecified atom stereocenters. The molecular weight excluding hydrogens is 620 g/mol. The zero-order chi connectivity index (χ0) is 33.9. The van der Waals surface area contributed by atoms with E-state index in [1.165, 1.54) is 29.7 Å². The second-order valence-corrected chi connectivity index (χ2v) is 11.8. The normalized spacial score (nSPS) is 13.5. The number of amides is 4. The summed E-state index contributed by atoms with van der Waals surface area (Å²) in [5, 5.41) is 34.0. The maximum atomic E-state index is 12.6. The number of benzene rings is 2. The fourth-order valence-corrected chi connectivity index (χ4v) is 6.34. The van der Waals surface area contributed by atoms with Crippen LogP contribution in [-0.4, -0.2) is 53.0 Å². The molecule has 1 saturated heterocycles. The van der Waals surface area contributed by atoms with Gasteiger partial charge in [-0.2, -0.15) is 10.5 Å². The predicted octanol–water partition coefficient (Wildman–Crippen LogP) is 3.33. The number of carbonyl (C=O) groups is 4. The van der Waals surface area contributed by atoms with Crippen molar-refractivity contribution in [3.05, 3.63) is 82.4 Å². The number of carbonyl (C=O) groups excluding carboxylic acids is 4. The Morgan fingerprint density at radius 3 is 2.21 bits per heavy atom. The number of anilines is 2. The van der Waals surface area contributed by atoms with Crippen molar-refractivity contribution >= 4 is 46.9 Å². The fraction of sp³-hybridized carbons (Fsp3) is 0.303. The summed E-state index contributed by atoms with van der Waals surface area (Å²) in [5.41, 5.74) is 9.74. The molecule has 1 fully saturated rings. The minimum Gasteiger partial charge on any atom is -0.368 e. The highest BCUT2D eigenvalue weighted by molar-refractivity contribution is 8.00. The molecule has 3 aromatic rings. The van der Waals surface area contributed by atoms with Crippen LogP contribution >= 0.6 is 11.8 Å². The van der Waals surface area contributed by atoms with Crippen LogP contribution in [0.15, 0.2) is 59.6 Å². The van der Waals surface area contributed by atoms with E-state index in [1.807, 2.05) is 17.9 Å². The molecule has 1 aromatic heterocycles. The minimum absolute atomic E-state index is 0.0182. The van der Waals surface area contributed by atoms with Crippen LogP contribution in [0.4, 0.5) is 11.5 Å². The van der Waals surface area contributed by atoms with Crippen LogP contribution in [0.2, 0.25) is 0 Å². The third kappa shape index (κ3) is 8.64. The molecule has 2 aromatic carbocycles.